The van der Waals surface area contributed by atoms with Gasteiger partial charge in [-0.1, -0.05) is 13.8 Å². The van der Waals surface area contributed by atoms with E-state index in [0.717, 1.165) is 71.9 Å². The lowest BCUT2D eigenvalue weighted by molar-refractivity contribution is -0.150. The van der Waals surface area contributed by atoms with Crippen molar-refractivity contribution in [2.75, 3.05) is 46.2 Å². The van der Waals surface area contributed by atoms with Gasteiger partial charge in [0.2, 0.25) is 0 Å². The van der Waals surface area contributed by atoms with E-state index in [0.29, 0.717) is 5.41 Å². The summed E-state index contributed by atoms with van der Waals surface area (Å²) in [6, 6.07) is 0. The van der Waals surface area contributed by atoms with Gasteiger partial charge in [0.15, 0.2) is 0 Å². The summed E-state index contributed by atoms with van der Waals surface area (Å²) in [6.45, 7) is 10.2. The van der Waals surface area contributed by atoms with E-state index in [1.165, 1.54) is 0 Å². The van der Waals surface area contributed by atoms with Crippen LogP contribution in [0.15, 0.2) is 0 Å². The van der Waals surface area contributed by atoms with Gasteiger partial charge < -0.3 is 18.9 Å². The van der Waals surface area contributed by atoms with Crippen molar-refractivity contribution in [3.63, 3.8) is 0 Å². The Morgan fingerprint density at radius 3 is 1.95 bits per heavy atom. The minimum Gasteiger partial charge on any atom is -0.381 e. The monoisotopic (exact) mass is 272 g/mol. The van der Waals surface area contributed by atoms with Crippen LogP contribution in [-0.4, -0.2) is 51.8 Å². The average molecular weight is 272 g/mol. The van der Waals surface area contributed by atoms with Gasteiger partial charge in [0.1, 0.15) is 5.60 Å². The quantitative estimate of drug-likeness (QED) is 0.428. The maximum atomic E-state index is 5.75. The van der Waals surface area contributed by atoms with Crippen LogP contribution < -0.4 is 0 Å². The Balaban J connectivity index is 1.38. The highest BCUT2D eigenvalue weighted by molar-refractivity contribution is 4.90. The molecule has 112 valence electrons. The predicted octanol–water partition coefficient (Wildman–Crippen LogP) is 2.41. The van der Waals surface area contributed by atoms with Gasteiger partial charge in [0.05, 0.1) is 33.0 Å². The molecule has 0 aliphatic carbocycles. The van der Waals surface area contributed by atoms with Crippen molar-refractivity contribution in [3.8, 4) is 0 Å². The van der Waals surface area contributed by atoms with E-state index in [1.807, 2.05) is 0 Å². The third-order valence-electron chi connectivity index (χ3n) is 4.36. The van der Waals surface area contributed by atoms with Crippen molar-refractivity contribution in [3.05, 3.63) is 0 Å². The molecule has 0 aromatic rings. The molecule has 2 fully saturated rings. The zero-order chi connectivity index (χ0) is 13.6. The Labute approximate surface area is 116 Å². The maximum absolute atomic E-state index is 5.75. The molecule has 1 unspecified atom stereocenters. The van der Waals surface area contributed by atoms with Gasteiger partial charge >= 0.3 is 0 Å². The highest BCUT2D eigenvalue weighted by Gasteiger charge is 2.42. The molecule has 2 saturated heterocycles. The van der Waals surface area contributed by atoms with E-state index in [-0.39, 0.29) is 5.60 Å². The minimum absolute atomic E-state index is 0.0637. The Morgan fingerprint density at radius 2 is 1.53 bits per heavy atom. The van der Waals surface area contributed by atoms with E-state index in [1.54, 1.807) is 0 Å². The number of hydrogen-bond donors (Lipinski definition) is 0. The summed E-state index contributed by atoms with van der Waals surface area (Å²) in [7, 11) is 0. The van der Waals surface area contributed by atoms with Gasteiger partial charge in [-0.3, -0.25) is 0 Å². The summed E-state index contributed by atoms with van der Waals surface area (Å²) in [5.41, 5.74) is 0.377. The van der Waals surface area contributed by atoms with Crippen molar-refractivity contribution in [2.45, 2.75) is 45.1 Å². The SMILES string of the molecule is CCC1(COCCCCOCC2(CC)CO2)COC1. The molecular formula is C15H28O4. The topological polar surface area (TPSA) is 40.2 Å². The van der Waals surface area contributed by atoms with Crippen LogP contribution in [0.25, 0.3) is 0 Å². The van der Waals surface area contributed by atoms with Crippen LogP contribution in [0.5, 0.6) is 0 Å². The molecule has 1 atom stereocenters. The van der Waals surface area contributed by atoms with Crippen LogP contribution in [0.3, 0.4) is 0 Å². The number of hydrogen-bond acceptors (Lipinski definition) is 4. The maximum Gasteiger partial charge on any atom is 0.115 e. The first kappa shape index (κ1) is 15.2. The number of rotatable bonds is 11. The van der Waals surface area contributed by atoms with Gasteiger partial charge in [0, 0.05) is 18.6 Å². The first-order valence-corrected chi connectivity index (χ1v) is 7.61. The van der Waals surface area contributed by atoms with E-state index < -0.39 is 0 Å². The van der Waals surface area contributed by atoms with Crippen LogP contribution in [-0.2, 0) is 18.9 Å². The van der Waals surface area contributed by atoms with Gasteiger partial charge in [-0.15, -0.1) is 0 Å². The lowest BCUT2D eigenvalue weighted by Crippen LogP contribution is -2.45. The van der Waals surface area contributed by atoms with E-state index in [9.17, 15) is 0 Å². The molecule has 0 aromatic heterocycles. The molecule has 2 heterocycles. The van der Waals surface area contributed by atoms with Crippen molar-refractivity contribution >= 4 is 0 Å². The Kier molecular flexibility index (Phi) is 5.63. The molecule has 0 aromatic carbocycles. The first-order chi connectivity index (χ1) is 9.24. The molecular weight excluding hydrogens is 244 g/mol. The number of ether oxygens (including phenoxy) is 4. The Hall–Kier alpha value is -0.160. The first-order valence-electron chi connectivity index (χ1n) is 7.61. The molecule has 0 bridgehead atoms. The summed E-state index contributed by atoms with van der Waals surface area (Å²) in [6.07, 6.45) is 4.34. The average Bonchev–Trinajstić information content (AvgIpc) is 3.16. The van der Waals surface area contributed by atoms with E-state index >= 15 is 0 Å². The molecule has 0 radical (unpaired) electrons. The van der Waals surface area contributed by atoms with Crippen LogP contribution in [0.1, 0.15) is 39.5 Å². The van der Waals surface area contributed by atoms with Gasteiger partial charge in [-0.2, -0.15) is 0 Å². The molecule has 2 aliphatic heterocycles. The zero-order valence-corrected chi connectivity index (χ0v) is 12.4. The van der Waals surface area contributed by atoms with Crippen molar-refractivity contribution in [1.29, 1.82) is 0 Å². The third-order valence-corrected chi connectivity index (χ3v) is 4.36. The van der Waals surface area contributed by atoms with Gasteiger partial charge in [-0.05, 0) is 25.7 Å². The minimum atomic E-state index is 0.0637. The Bertz CT molecular complexity index is 253. The molecule has 2 aliphatic rings. The van der Waals surface area contributed by atoms with Crippen LogP contribution in [0.2, 0.25) is 0 Å². The summed E-state index contributed by atoms with van der Waals surface area (Å²) in [5.74, 6) is 0. The second-order valence-electron chi connectivity index (χ2n) is 5.98. The molecule has 2 rings (SSSR count). The molecule has 0 spiro atoms. The lowest BCUT2D eigenvalue weighted by atomic mass is 9.84. The standard InChI is InChI=1S/C15H28O4/c1-3-14(10-18-11-14)9-16-7-5-6-8-17-12-15(4-2)13-19-15/h3-13H2,1-2H3. The van der Waals surface area contributed by atoms with E-state index in [4.69, 9.17) is 18.9 Å². The highest BCUT2D eigenvalue weighted by atomic mass is 16.6. The Morgan fingerprint density at radius 1 is 0.895 bits per heavy atom. The summed E-state index contributed by atoms with van der Waals surface area (Å²) < 4.78 is 22.1. The molecule has 0 amide bonds. The summed E-state index contributed by atoms with van der Waals surface area (Å²) >= 11 is 0. The predicted molar refractivity (Wildman–Crippen MR) is 73.4 cm³/mol. The normalized spacial score (nSPS) is 28.1. The van der Waals surface area contributed by atoms with Crippen molar-refractivity contribution in [1.82, 2.24) is 0 Å². The van der Waals surface area contributed by atoms with Crippen LogP contribution in [0.4, 0.5) is 0 Å². The number of epoxide rings is 1. The van der Waals surface area contributed by atoms with E-state index in [2.05, 4.69) is 13.8 Å². The van der Waals surface area contributed by atoms with Crippen molar-refractivity contribution < 1.29 is 18.9 Å². The van der Waals surface area contributed by atoms with Crippen molar-refractivity contribution in [2.24, 2.45) is 5.41 Å². The highest BCUT2D eigenvalue weighted by Crippen LogP contribution is 2.31. The molecule has 4 heteroatoms. The lowest BCUT2D eigenvalue weighted by Gasteiger charge is -2.40. The largest absolute Gasteiger partial charge is 0.381 e. The van der Waals surface area contributed by atoms with Gasteiger partial charge in [-0.25, -0.2) is 0 Å². The summed E-state index contributed by atoms with van der Waals surface area (Å²) in [4.78, 5) is 0. The second kappa shape index (κ2) is 7.02. The molecule has 4 nitrogen and oxygen atoms in total. The van der Waals surface area contributed by atoms with Crippen LogP contribution in [0, 0.1) is 5.41 Å². The fourth-order valence-corrected chi connectivity index (χ4v) is 2.23. The molecule has 0 saturated carbocycles. The second-order valence-corrected chi connectivity index (χ2v) is 5.98. The smallest absolute Gasteiger partial charge is 0.115 e. The number of unbranched alkanes of at least 4 members (excludes halogenated alkanes) is 1. The van der Waals surface area contributed by atoms with Gasteiger partial charge in [0.25, 0.3) is 0 Å². The molecule has 0 N–H and O–H groups in total. The van der Waals surface area contributed by atoms with Crippen LogP contribution >= 0.6 is 0 Å². The summed E-state index contributed by atoms with van der Waals surface area (Å²) in [5, 5.41) is 0. The fraction of sp³-hybridized carbons (Fsp3) is 1.00. The third kappa shape index (κ3) is 4.42. The molecule has 19 heavy (non-hydrogen) atoms. The fourth-order valence-electron chi connectivity index (χ4n) is 2.23. The zero-order valence-electron chi connectivity index (χ0n) is 12.4.